The van der Waals surface area contributed by atoms with Gasteiger partial charge in [0.05, 0.1) is 26.5 Å². The topological polar surface area (TPSA) is 55.8 Å². The maximum Gasteiger partial charge on any atom is 0.305 e. The Hall–Kier alpha value is -2.34. The van der Waals surface area contributed by atoms with Crippen molar-refractivity contribution in [2.45, 2.75) is 32.2 Å². The normalized spacial score (nSPS) is 10.3. The van der Waals surface area contributed by atoms with E-state index in [1.807, 2.05) is 48.5 Å². The smallest absolute Gasteiger partial charge is 0.305 e. The van der Waals surface area contributed by atoms with E-state index in [2.05, 4.69) is 20.7 Å². The molecule has 0 saturated carbocycles. The number of carbonyl (C=O) groups is 2. The predicted molar refractivity (Wildman–Crippen MR) is 109 cm³/mol. The first kappa shape index (κ1) is 21.0. The van der Waals surface area contributed by atoms with Crippen molar-refractivity contribution in [2.24, 2.45) is 0 Å². The SMILES string of the molecule is COC(=O)CCCCC(=O)N(Cc1cccc(Br)c1)c1ccccc1OC. The van der Waals surface area contributed by atoms with Gasteiger partial charge in [-0.25, -0.2) is 0 Å². The fraction of sp³-hybridized carbons (Fsp3) is 0.333. The number of methoxy groups -OCH3 is 2. The maximum absolute atomic E-state index is 13.0. The highest BCUT2D eigenvalue weighted by atomic mass is 79.9. The van der Waals surface area contributed by atoms with E-state index in [9.17, 15) is 9.59 Å². The molecule has 1 amide bonds. The second kappa shape index (κ2) is 10.7. The molecular weight excluding hydrogens is 410 g/mol. The minimum atomic E-state index is -0.252. The zero-order valence-corrected chi connectivity index (χ0v) is 17.2. The second-order valence-corrected chi connectivity index (χ2v) is 6.98. The molecule has 2 aromatic rings. The molecule has 0 atom stereocenters. The Kier molecular flexibility index (Phi) is 8.33. The van der Waals surface area contributed by atoms with Crippen molar-refractivity contribution in [2.75, 3.05) is 19.1 Å². The molecule has 0 aromatic heterocycles. The molecule has 0 aliphatic heterocycles. The highest BCUT2D eigenvalue weighted by Gasteiger charge is 2.19. The Bertz CT molecular complexity index is 778. The Balaban J connectivity index is 2.16. The van der Waals surface area contributed by atoms with Crippen LogP contribution in [0.15, 0.2) is 53.0 Å². The Labute approximate surface area is 168 Å². The Morgan fingerprint density at radius 1 is 1.00 bits per heavy atom. The predicted octanol–water partition coefficient (Wildman–Crippen LogP) is 4.72. The number of esters is 1. The molecule has 6 heteroatoms. The molecule has 144 valence electrons. The lowest BCUT2D eigenvalue weighted by Gasteiger charge is -2.25. The number of ether oxygens (including phenoxy) is 2. The summed E-state index contributed by atoms with van der Waals surface area (Å²) in [6.45, 7) is 0.440. The number of anilines is 1. The molecule has 0 unspecified atom stereocenters. The lowest BCUT2D eigenvalue weighted by molar-refractivity contribution is -0.140. The molecule has 0 aliphatic carbocycles. The Morgan fingerprint density at radius 3 is 2.44 bits per heavy atom. The quantitative estimate of drug-likeness (QED) is 0.423. The fourth-order valence-electron chi connectivity index (χ4n) is 2.76. The number of amides is 1. The van der Waals surface area contributed by atoms with Gasteiger partial charge in [0.2, 0.25) is 5.91 Å². The van der Waals surface area contributed by atoms with Gasteiger partial charge in [-0.1, -0.05) is 40.2 Å². The third-order valence-corrected chi connectivity index (χ3v) is 4.65. The van der Waals surface area contributed by atoms with Crippen molar-refractivity contribution in [3.05, 3.63) is 58.6 Å². The van der Waals surface area contributed by atoms with Crippen LogP contribution in [0.25, 0.3) is 0 Å². The van der Waals surface area contributed by atoms with Crippen molar-refractivity contribution in [3.8, 4) is 5.75 Å². The summed E-state index contributed by atoms with van der Waals surface area (Å²) < 4.78 is 11.0. The molecule has 2 rings (SSSR count). The number of hydrogen-bond acceptors (Lipinski definition) is 4. The van der Waals surface area contributed by atoms with Crippen LogP contribution in [-0.4, -0.2) is 26.1 Å². The fourth-order valence-corrected chi connectivity index (χ4v) is 3.21. The van der Waals surface area contributed by atoms with Crippen LogP contribution >= 0.6 is 15.9 Å². The van der Waals surface area contributed by atoms with Gasteiger partial charge in [0.15, 0.2) is 0 Å². The van der Waals surface area contributed by atoms with Crippen molar-refractivity contribution in [1.29, 1.82) is 0 Å². The van der Waals surface area contributed by atoms with Gasteiger partial charge in [-0.3, -0.25) is 9.59 Å². The van der Waals surface area contributed by atoms with E-state index >= 15 is 0 Å². The summed E-state index contributed by atoms with van der Waals surface area (Å²) in [5.41, 5.74) is 1.75. The molecule has 0 heterocycles. The summed E-state index contributed by atoms with van der Waals surface area (Å²) in [5, 5.41) is 0. The molecule has 0 aliphatic rings. The van der Waals surface area contributed by atoms with Gasteiger partial charge in [0.1, 0.15) is 5.75 Å². The van der Waals surface area contributed by atoms with Gasteiger partial charge in [-0.2, -0.15) is 0 Å². The zero-order chi connectivity index (χ0) is 19.6. The van der Waals surface area contributed by atoms with Gasteiger partial charge in [0, 0.05) is 17.3 Å². The number of unbranched alkanes of at least 4 members (excludes halogenated alkanes) is 1. The van der Waals surface area contributed by atoms with E-state index in [1.165, 1.54) is 7.11 Å². The molecule has 0 fully saturated rings. The van der Waals surface area contributed by atoms with Gasteiger partial charge in [-0.05, 0) is 42.7 Å². The van der Waals surface area contributed by atoms with Crippen LogP contribution < -0.4 is 9.64 Å². The molecule has 0 radical (unpaired) electrons. The minimum absolute atomic E-state index is 0.00987. The van der Waals surface area contributed by atoms with Gasteiger partial charge < -0.3 is 14.4 Å². The second-order valence-electron chi connectivity index (χ2n) is 6.06. The highest BCUT2D eigenvalue weighted by molar-refractivity contribution is 9.10. The first-order chi connectivity index (χ1) is 13.0. The summed E-state index contributed by atoms with van der Waals surface area (Å²) in [7, 11) is 2.96. The van der Waals surface area contributed by atoms with Gasteiger partial charge in [-0.15, -0.1) is 0 Å². The monoisotopic (exact) mass is 433 g/mol. The lowest BCUT2D eigenvalue weighted by Crippen LogP contribution is -2.30. The van der Waals surface area contributed by atoms with E-state index in [1.54, 1.807) is 12.0 Å². The Morgan fingerprint density at radius 2 is 1.74 bits per heavy atom. The van der Waals surface area contributed by atoms with Crippen LogP contribution in [0.4, 0.5) is 5.69 Å². The van der Waals surface area contributed by atoms with Gasteiger partial charge >= 0.3 is 5.97 Å². The number of hydrogen-bond donors (Lipinski definition) is 0. The molecular formula is C21H24BrNO4. The lowest BCUT2D eigenvalue weighted by atomic mass is 10.1. The third-order valence-electron chi connectivity index (χ3n) is 4.16. The van der Waals surface area contributed by atoms with E-state index in [0.29, 0.717) is 38.0 Å². The zero-order valence-electron chi connectivity index (χ0n) is 15.6. The number of halogens is 1. The molecule has 0 N–H and O–H groups in total. The summed E-state index contributed by atoms with van der Waals surface area (Å²) in [6, 6.07) is 15.4. The van der Waals surface area contributed by atoms with E-state index < -0.39 is 0 Å². The number of carbonyl (C=O) groups excluding carboxylic acids is 2. The molecule has 5 nitrogen and oxygen atoms in total. The third kappa shape index (κ3) is 6.40. The van der Waals surface area contributed by atoms with Crippen molar-refractivity contribution in [3.63, 3.8) is 0 Å². The summed E-state index contributed by atoms with van der Waals surface area (Å²) >= 11 is 3.47. The van der Waals surface area contributed by atoms with E-state index in [4.69, 9.17) is 4.74 Å². The number of nitrogens with zero attached hydrogens (tertiary/aromatic N) is 1. The van der Waals surface area contributed by atoms with Crippen molar-refractivity contribution < 1.29 is 19.1 Å². The number of benzene rings is 2. The molecule has 0 saturated heterocycles. The summed E-state index contributed by atoms with van der Waals surface area (Å²) in [4.78, 5) is 25.9. The van der Waals surface area contributed by atoms with Crippen LogP contribution in [0.3, 0.4) is 0 Å². The van der Waals surface area contributed by atoms with Gasteiger partial charge in [0.25, 0.3) is 0 Å². The van der Waals surface area contributed by atoms with E-state index in [-0.39, 0.29) is 11.9 Å². The van der Waals surface area contributed by atoms with E-state index in [0.717, 1.165) is 15.7 Å². The summed E-state index contributed by atoms with van der Waals surface area (Å²) in [6.07, 6.45) is 1.92. The standard InChI is InChI=1S/C21H24BrNO4/c1-26-19-11-4-3-10-18(19)23(15-16-8-7-9-17(22)14-16)20(24)12-5-6-13-21(25)27-2/h3-4,7-11,14H,5-6,12-13,15H2,1-2H3. The highest BCUT2D eigenvalue weighted by Crippen LogP contribution is 2.30. The van der Waals surface area contributed by atoms with Crippen molar-refractivity contribution >= 4 is 33.5 Å². The first-order valence-electron chi connectivity index (χ1n) is 8.79. The average molecular weight is 434 g/mol. The van der Waals surface area contributed by atoms with Crippen molar-refractivity contribution in [1.82, 2.24) is 0 Å². The summed E-state index contributed by atoms with van der Waals surface area (Å²) in [5.74, 6) is 0.387. The molecule has 27 heavy (non-hydrogen) atoms. The largest absolute Gasteiger partial charge is 0.495 e. The van der Waals surface area contributed by atoms with Crippen LogP contribution in [0.5, 0.6) is 5.75 Å². The molecule has 2 aromatic carbocycles. The number of rotatable bonds is 9. The van der Waals surface area contributed by atoms with Crippen LogP contribution in [0.1, 0.15) is 31.2 Å². The van der Waals surface area contributed by atoms with Crippen LogP contribution in [-0.2, 0) is 20.9 Å². The molecule has 0 bridgehead atoms. The average Bonchev–Trinajstić information content (AvgIpc) is 2.69. The molecule has 0 spiro atoms. The number of para-hydroxylation sites is 2. The first-order valence-corrected chi connectivity index (χ1v) is 9.59. The van der Waals surface area contributed by atoms with Crippen LogP contribution in [0.2, 0.25) is 0 Å². The maximum atomic E-state index is 13.0. The minimum Gasteiger partial charge on any atom is -0.495 e. The van der Waals surface area contributed by atoms with Crippen LogP contribution in [0, 0.1) is 0 Å².